The van der Waals surface area contributed by atoms with Gasteiger partial charge in [-0.05, 0) is 18.4 Å². The molecule has 1 aliphatic heterocycles. The summed E-state index contributed by atoms with van der Waals surface area (Å²) < 4.78 is 5.35. The Hall–Kier alpha value is -1.87. The molecule has 3 rings (SSSR count). The minimum atomic E-state index is 0. The Morgan fingerprint density at radius 2 is 2.15 bits per heavy atom. The fourth-order valence-corrected chi connectivity index (χ4v) is 3.02. The van der Waals surface area contributed by atoms with E-state index < -0.39 is 0 Å². The van der Waals surface area contributed by atoms with E-state index in [0.717, 1.165) is 55.6 Å². The number of imidazole rings is 1. The molecule has 1 aromatic heterocycles. The summed E-state index contributed by atoms with van der Waals surface area (Å²) in [6, 6.07) is 10.2. The number of guanidine groups is 1. The van der Waals surface area contributed by atoms with Crippen molar-refractivity contribution in [1.82, 2.24) is 20.2 Å². The largest absolute Gasteiger partial charge is 0.377 e. The van der Waals surface area contributed by atoms with E-state index in [0.29, 0.717) is 6.54 Å². The van der Waals surface area contributed by atoms with Crippen molar-refractivity contribution >= 4 is 29.9 Å². The molecule has 1 aliphatic rings. The predicted molar refractivity (Wildman–Crippen MR) is 120 cm³/mol. The van der Waals surface area contributed by atoms with Gasteiger partial charge < -0.3 is 19.9 Å². The number of aromatic amines is 1. The predicted octanol–water partition coefficient (Wildman–Crippen LogP) is 3.44. The lowest BCUT2D eigenvalue weighted by Crippen LogP contribution is -2.39. The molecule has 2 heterocycles. The average Bonchev–Trinajstić information content (AvgIpc) is 3.15. The third kappa shape index (κ3) is 6.35. The number of halogens is 1. The van der Waals surface area contributed by atoms with Crippen molar-refractivity contribution in [3.63, 3.8) is 0 Å². The minimum absolute atomic E-state index is 0. The molecule has 0 spiro atoms. The van der Waals surface area contributed by atoms with Crippen molar-refractivity contribution < 1.29 is 4.74 Å². The van der Waals surface area contributed by atoms with Crippen molar-refractivity contribution in [1.29, 1.82) is 0 Å². The van der Waals surface area contributed by atoms with E-state index >= 15 is 0 Å². The van der Waals surface area contributed by atoms with E-state index in [1.807, 2.05) is 38.5 Å². The molecular weight excluding hydrogens is 453 g/mol. The third-order valence-corrected chi connectivity index (χ3v) is 4.46. The van der Waals surface area contributed by atoms with Gasteiger partial charge in [-0.3, -0.25) is 4.99 Å². The van der Waals surface area contributed by atoms with Crippen molar-refractivity contribution in [2.45, 2.75) is 19.4 Å². The van der Waals surface area contributed by atoms with Crippen LogP contribution in [0.2, 0.25) is 0 Å². The molecule has 0 aliphatic carbocycles. The summed E-state index contributed by atoms with van der Waals surface area (Å²) in [5.41, 5.74) is 3.63. The number of nitrogens with one attached hydrogen (secondary N) is 2. The smallest absolute Gasteiger partial charge is 0.193 e. The first-order valence-corrected chi connectivity index (χ1v) is 9.03. The molecule has 0 amide bonds. The number of aromatic nitrogens is 2. The summed E-state index contributed by atoms with van der Waals surface area (Å²) in [4.78, 5) is 14.3. The van der Waals surface area contributed by atoms with Crippen molar-refractivity contribution in [3.05, 3.63) is 54.0 Å². The van der Waals surface area contributed by atoms with E-state index in [1.54, 1.807) is 0 Å². The molecule has 1 aromatic carbocycles. The van der Waals surface area contributed by atoms with Crippen LogP contribution in [0.5, 0.6) is 0 Å². The standard InChI is InChI=1S/C20H27N5O.HI/c1-21-20(22-11-8-16-9-12-26-13-10-16)25(2)15-19-23-14-18(24-19)17-6-4-3-5-7-17;/h3-7,9,14H,8,10-13,15H2,1-2H3,(H,21,22)(H,23,24);1H. The minimum Gasteiger partial charge on any atom is -0.377 e. The summed E-state index contributed by atoms with van der Waals surface area (Å²) in [5.74, 6) is 1.79. The summed E-state index contributed by atoms with van der Waals surface area (Å²) >= 11 is 0. The normalized spacial score (nSPS) is 14.3. The third-order valence-electron chi connectivity index (χ3n) is 4.46. The second-order valence-electron chi connectivity index (χ2n) is 6.38. The van der Waals surface area contributed by atoms with Gasteiger partial charge in [0.1, 0.15) is 5.82 Å². The molecule has 2 N–H and O–H groups in total. The Labute approximate surface area is 178 Å². The Morgan fingerprint density at radius 1 is 1.33 bits per heavy atom. The van der Waals surface area contributed by atoms with Gasteiger partial charge in [0, 0.05) is 20.6 Å². The van der Waals surface area contributed by atoms with Crippen LogP contribution in [0.1, 0.15) is 18.7 Å². The van der Waals surface area contributed by atoms with E-state index in [1.165, 1.54) is 5.57 Å². The summed E-state index contributed by atoms with van der Waals surface area (Å²) in [5, 5.41) is 3.43. The van der Waals surface area contributed by atoms with Gasteiger partial charge >= 0.3 is 0 Å². The maximum atomic E-state index is 5.35. The van der Waals surface area contributed by atoms with Crippen molar-refractivity contribution in [3.8, 4) is 11.3 Å². The molecule has 0 radical (unpaired) electrons. The molecule has 146 valence electrons. The first kappa shape index (κ1) is 21.4. The van der Waals surface area contributed by atoms with Crippen LogP contribution in [0.4, 0.5) is 0 Å². The van der Waals surface area contributed by atoms with Crippen LogP contribution in [-0.2, 0) is 11.3 Å². The quantitative estimate of drug-likeness (QED) is 0.287. The molecular formula is C20H28IN5O. The highest BCUT2D eigenvalue weighted by molar-refractivity contribution is 14.0. The SMILES string of the molecule is CN=C(NCCC1=CCOCC1)N(C)Cc1ncc(-c2ccccc2)[nH]1.I. The fraction of sp³-hybridized carbons (Fsp3) is 0.400. The van der Waals surface area contributed by atoms with Crippen molar-refractivity contribution in [2.75, 3.05) is 33.9 Å². The molecule has 0 saturated heterocycles. The van der Waals surface area contributed by atoms with E-state index in [2.05, 4.69) is 43.4 Å². The van der Waals surface area contributed by atoms with E-state index in [-0.39, 0.29) is 24.0 Å². The maximum absolute atomic E-state index is 5.35. The topological polar surface area (TPSA) is 65.5 Å². The van der Waals surface area contributed by atoms with Crippen LogP contribution >= 0.6 is 24.0 Å². The Kier molecular flexibility index (Phi) is 8.80. The lowest BCUT2D eigenvalue weighted by atomic mass is 10.1. The Morgan fingerprint density at radius 3 is 2.85 bits per heavy atom. The lowest BCUT2D eigenvalue weighted by molar-refractivity contribution is 0.153. The van der Waals surface area contributed by atoms with Gasteiger partial charge in [-0.25, -0.2) is 4.98 Å². The molecule has 6 nitrogen and oxygen atoms in total. The van der Waals surface area contributed by atoms with E-state index in [4.69, 9.17) is 4.74 Å². The number of rotatable bonds is 6. The maximum Gasteiger partial charge on any atom is 0.193 e. The number of hydrogen-bond acceptors (Lipinski definition) is 3. The number of ether oxygens (including phenoxy) is 1. The summed E-state index contributed by atoms with van der Waals surface area (Å²) in [6.45, 7) is 3.12. The Balaban J connectivity index is 0.00000261. The first-order chi connectivity index (χ1) is 12.8. The molecule has 0 atom stereocenters. The summed E-state index contributed by atoms with van der Waals surface area (Å²) in [6.07, 6.45) is 6.12. The second-order valence-corrected chi connectivity index (χ2v) is 6.38. The number of nitrogens with zero attached hydrogens (tertiary/aromatic N) is 3. The van der Waals surface area contributed by atoms with Crippen LogP contribution < -0.4 is 5.32 Å². The van der Waals surface area contributed by atoms with Crippen LogP contribution in [0.25, 0.3) is 11.3 Å². The van der Waals surface area contributed by atoms with Gasteiger partial charge in [-0.2, -0.15) is 0 Å². The molecule has 0 unspecified atom stereocenters. The van der Waals surface area contributed by atoms with Gasteiger partial charge in [0.2, 0.25) is 0 Å². The fourth-order valence-electron chi connectivity index (χ4n) is 3.02. The average molecular weight is 481 g/mol. The van der Waals surface area contributed by atoms with Crippen LogP contribution in [0.3, 0.4) is 0 Å². The monoisotopic (exact) mass is 481 g/mol. The highest BCUT2D eigenvalue weighted by Crippen LogP contribution is 2.16. The zero-order chi connectivity index (χ0) is 18.2. The van der Waals surface area contributed by atoms with Crippen LogP contribution in [-0.4, -0.2) is 54.7 Å². The van der Waals surface area contributed by atoms with E-state index in [9.17, 15) is 0 Å². The number of H-pyrrole nitrogens is 1. The molecule has 2 aromatic rings. The summed E-state index contributed by atoms with van der Waals surface area (Å²) in [7, 11) is 3.83. The highest BCUT2D eigenvalue weighted by atomic mass is 127. The van der Waals surface area contributed by atoms with Crippen molar-refractivity contribution in [2.24, 2.45) is 4.99 Å². The van der Waals surface area contributed by atoms with Gasteiger partial charge in [0.25, 0.3) is 0 Å². The molecule has 27 heavy (non-hydrogen) atoms. The number of aliphatic imine (C=N–C) groups is 1. The Bertz CT molecular complexity index is 757. The lowest BCUT2D eigenvalue weighted by Gasteiger charge is -2.22. The molecule has 0 bridgehead atoms. The molecule has 0 saturated carbocycles. The van der Waals surface area contributed by atoms with Gasteiger partial charge in [0.05, 0.1) is 31.6 Å². The first-order valence-electron chi connectivity index (χ1n) is 9.03. The van der Waals surface area contributed by atoms with Gasteiger partial charge in [0.15, 0.2) is 5.96 Å². The number of benzene rings is 1. The molecule has 0 fully saturated rings. The zero-order valence-electron chi connectivity index (χ0n) is 15.9. The number of hydrogen-bond donors (Lipinski definition) is 2. The van der Waals surface area contributed by atoms with Gasteiger partial charge in [-0.1, -0.05) is 42.0 Å². The highest BCUT2D eigenvalue weighted by Gasteiger charge is 2.10. The second kappa shape index (κ2) is 11.1. The molecule has 7 heteroatoms. The van der Waals surface area contributed by atoms with Crippen LogP contribution in [0.15, 0.2) is 53.2 Å². The zero-order valence-corrected chi connectivity index (χ0v) is 18.3. The van der Waals surface area contributed by atoms with Crippen LogP contribution in [0, 0.1) is 0 Å². The van der Waals surface area contributed by atoms with Gasteiger partial charge in [-0.15, -0.1) is 24.0 Å².